The first-order valence-corrected chi connectivity index (χ1v) is 9.19. The maximum Gasteiger partial charge on any atom is 0.309 e. The van der Waals surface area contributed by atoms with Crippen molar-refractivity contribution in [2.45, 2.75) is 78.2 Å². The summed E-state index contributed by atoms with van der Waals surface area (Å²) < 4.78 is 0. The molecule has 0 amide bonds. The molecule has 2 fully saturated rings. The van der Waals surface area contributed by atoms with E-state index in [0.29, 0.717) is 19.3 Å². The van der Waals surface area contributed by atoms with Gasteiger partial charge in [-0.2, -0.15) is 0 Å². The Balaban J connectivity index is 2.12. The average Bonchev–Trinajstić information content (AvgIpc) is 2.76. The van der Waals surface area contributed by atoms with Crippen LogP contribution < -0.4 is 0 Å². The predicted octanol–water partition coefficient (Wildman–Crippen LogP) is 3.72. The fourth-order valence-electron chi connectivity index (χ4n) is 6.06. The van der Waals surface area contributed by atoms with E-state index in [-0.39, 0.29) is 17.1 Å². The molecule has 0 bridgehead atoms. The molecule has 0 unspecified atom stereocenters. The second-order valence-electron chi connectivity index (χ2n) is 9.21. The van der Waals surface area contributed by atoms with Gasteiger partial charge < -0.3 is 10.2 Å². The molecule has 4 atom stereocenters. The molecule has 0 aromatic carbocycles. The van der Waals surface area contributed by atoms with Crippen molar-refractivity contribution in [1.29, 1.82) is 0 Å². The summed E-state index contributed by atoms with van der Waals surface area (Å²) in [5, 5.41) is 20.3. The Labute approximate surface area is 144 Å². The van der Waals surface area contributed by atoms with Crippen LogP contribution in [0.5, 0.6) is 0 Å². The van der Waals surface area contributed by atoms with E-state index in [4.69, 9.17) is 0 Å². The largest absolute Gasteiger partial charge is 0.481 e. The van der Waals surface area contributed by atoms with Crippen LogP contribution in [0.2, 0.25) is 0 Å². The topological polar surface area (TPSA) is 74.6 Å². The lowest BCUT2D eigenvalue weighted by molar-refractivity contribution is -0.162. The molecule has 3 rings (SSSR count). The van der Waals surface area contributed by atoms with Crippen LogP contribution in [-0.2, 0) is 9.59 Å². The van der Waals surface area contributed by atoms with Gasteiger partial charge in [-0.05, 0) is 69.8 Å². The number of hydrogen-bond donors (Lipinski definition) is 2. The van der Waals surface area contributed by atoms with Crippen molar-refractivity contribution >= 4 is 11.8 Å². The first-order chi connectivity index (χ1) is 11.0. The molecule has 0 aliphatic heterocycles. The van der Waals surface area contributed by atoms with Crippen LogP contribution in [0.15, 0.2) is 11.6 Å². The number of fused-ring (bicyclic) bond motifs is 2. The number of aliphatic hydroxyl groups is 1. The van der Waals surface area contributed by atoms with Gasteiger partial charge in [-0.15, -0.1) is 0 Å². The van der Waals surface area contributed by atoms with Crippen molar-refractivity contribution in [3.05, 3.63) is 11.6 Å². The van der Waals surface area contributed by atoms with E-state index in [9.17, 15) is 19.8 Å². The van der Waals surface area contributed by atoms with E-state index >= 15 is 0 Å². The molecule has 0 aromatic rings. The lowest BCUT2D eigenvalue weighted by Crippen LogP contribution is -2.53. The van der Waals surface area contributed by atoms with E-state index in [0.717, 1.165) is 31.3 Å². The van der Waals surface area contributed by atoms with Gasteiger partial charge in [0.1, 0.15) is 5.78 Å². The minimum Gasteiger partial charge on any atom is -0.481 e. The molecule has 134 valence electrons. The van der Waals surface area contributed by atoms with Gasteiger partial charge >= 0.3 is 5.97 Å². The third kappa shape index (κ3) is 2.15. The highest BCUT2D eigenvalue weighted by Crippen LogP contribution is 2.69. The molecule has 2 saturated carbocycles. The molecule has 0 heterocycles. The molecule has 24 heavy (non-hydrogen) atoms. The van der Waals surface area contributed by atoms with Crippen molar-refractivity contribution in [2.75, 3.05) is 0 Å². The van der Waals surface area contributed by atoms with Gasteiger partial charge in [0.05, 0.1) is 16.4 Å². The minimum absolute atomic E-state index is 0.0117. The SMILES string of the molecule is CC(C)(O)C1=C[C@]2(CC[C@@H]3[C@]2(C)CCC[C@]3(C)C(=O)O)C(=O)CC1. The van der Waals surface area contributed by atoms with Gasteiger partial charge in [0.15, 0.2) is 0 Å². The van der Waals surface area contributed by atoms with Crippen molar-refractivity contribution in [3.63, 3.8) is 0 Å². The van der Waals surface area contributed by atoms with Crippen LogP contribution >= 0.6 is 0 Å². The van der Waals surface area contributed by atoms with Crippen LogP contribution in [0.4, 0.5) is 0 Å². The molecular weight excluding hydrogens is 304 g/mol. The normalized spacial score (nSPS) is 42.8. The highest BCUT2D eigenvalue weighted by atomic mass is 16.4. The fraction of sp³-hybridized carbons (Fsp3) is 0.800. The maximum absolute atomic E-state index is 13.1. The summed E-state index contributed by atoms with van der Waals surface area (Å²) in [6, 6.07) is 0. The number of aliphatic carboxylic acids is 1. The third-order valence-electron chi connectivity index (χ3n) is 7.59. The predicted molar refractivity (Wildman–Crippen MR) is 91.5 cm³/mol. The Morgan fingerprint density at radius 1 is 1.21 bits per heavy atom. The van der Waals surface area contributed by atoms with Crippen molar-refractivity contribution in [2.24, 2.45) is 22.2 Å². The summed E-state index contributed by atoms with van der Waals surface area (Å²) in [5.74, 6) is -0.474. The van der Waals surface area contributed by atoms with Crippen molar-refractivity contribution in [1.82, 2.24) is 0 Å². The molecule has 0 saturated heterocycles. The Bertz CT molecular complexity index is 614. The zero-order chi connectivity index (χ0) is 18.0. The van der Waals surface area contributed by atoms with Crippen LogP contribution in [0, 0.1) is 22.2 Å². The average molecular weight is 334 g/mol. The standard InChI is InChI=1S/C20H30O4/c1-17(2,24)13-6-7-15(21)20(12-13)11-8-14-18(3,16(22)23)9-5-10-19(14,20)4/h12,14,24H,5-11H2,1-4H3,(H,22,23)/t14-,18-,19-,20+/m0/s1. The van der Waals surface area contributed by atoms with Crippen molar-refractivity contribution < 1.29 is 19.8 Å². The van der Waals surface area contributed by atoms with Crippen LogP contribution in [0.25, 0.3) is 0 Å². The molecule has 4 heteroatoms. The minimum atomic E-state index is -0.924. The molecule has 2 N–H and O–H groups in total. The summed E-state index contributed by atoms with van der Waals surface area (Å²) in [7, 11) is 0. The van der Waals surface area contributed by atoms with Gasteiger partial charge in [-0.25, -0.2) is 0 Å². The highest BCUT2D eigenvalue weighted by molar-refractivity contribution is 5.90. The number of ketones is 1. The lowest BCUT2D eigenvalue weighted by atomic mass is 9.49. The molecule has 3 aliphatic carbocycles. The number of rotatable bonds is 2. The molecule has 0 radical (unpaired) electrons. The van der Waals surface area contributed by atoms with Gasteiger partial charge in [0.25, 0.3) is 0 Å². The molecule has 0 aromatic heterocycles. The van der Waals surface area contributed by atoms with E-state index in [1.165, 1.54) is 0 Å². The zero-order valence-electron chi connectivity index (χ0n) is 15.3. The highest BCUT2D eigenvalue weighted by Gasteiger charge is 2.66. The summed E-state index contributed by atoms with van der Waals surface area (Å²) in [6.45, 7) is 7.55. The number of carbonyl (C=O) groups is 2. The molecule has 3 aliphatic rings. The monoisotopic (exact) mass is 334 g/mol. The molecular formula is C20H30O4. The summed E-state index contributed by atoms with van der Waals surface area (Å²) in [4.78, 5) is 25.1. The van der Waals surface area contributed by atoms with Crippen molar-refractivity contribution in [3.8, 4) is 0 Å². The number of carboxylic acid groups (broad SMARTS) is 1. The zero-order valence-corrected chi connectivity index (χ0v) is 15.3. The summed E-state index contributed by atoms with van der Waals surface area (Å²) in [6.07, 6.45) is 7.04. The van der Waals surface area contributed by atoms with Crippen LogP contribution in [-0.4, -0.2) is 27.6 Å². The summed E-state index contributed by atoms with van der Waals surface area (Å²) >= 11 is 0. The van der Waals surface area contributed by atoms with Crippen LogP contribution in [0.1, 0.15) is 72.6 Å². The van der Waals surface area contributed by atoms with E-state index in [2.05, 4.69) is 6.92 Å². The van der Waals surface area contributed by atoms with Crippen LogP contribution in [0.3, 0.4) is 0 Å². The number of Topliss-reactive ketones (excluding diaryl/α,β-unsaturated/α-hetero) is 1. The Morgan fingerprint density at radius 3 is 2.46 bits per heavy atom. The number of hydrogen-bond acceptors (Lipinski definition) is 3. The first-order valence-electron chi connectivity index (χ1n) is 9.19. The number of carboxylic acids is 1. The fourth-order valence-corrected chi connectivity index (χ4v) is 6.06. The quantitative estimate of drug-likeness (QED) is 0.755. The van der Waals surface area contributed by atoms with E-state index in [1.807, 2.05) is 13.0 Å². The molecule has 4 nitrogen and oxygen atoms in total. The Kier molecular flexibility index (Phi) is 3.80. The number of carbonyl (C=O) groups excluding carboxylic acids is 1. The van der Waals surface area contributed by atoms with Gasteiger partial charge in [-0.1, -0.05) is 19.4 Å². The maximum atomic E-state index is 13.1. The van der Waals surface area contributed by atoms with Gasteiger partial charge in [0, 0.05) is 6.42 Å². The van der Waals surface area contributed by atoms with E-state index < -0.39 is 22.4 Å². The third-order valence-corrected chi connectivity index (χ3v) is 7.59. The number of allylic oxidation sites excluding steroid dienone is 1. The lowest BCUT2D eigenvalue weighted by Gasteiger charge is -2.53. The summed E-state index contributed by atoms with van der Waals surface area (Å²) in [5.41, 5.74) is -1.66. The Hall–Kier alpha value is -1.16. The Morgan fingerprint density at radius 2 is 1.88 bits per heavy atom. The first kappa shape index (κ1) is 17.7. The van der Waals surface area contributed by atoms with Gasteiger partial charge in [0.2, 0.25) is 0 Å². The second kappa shape index (κ2) is 5.17. The second-order valence-corrected chi connectivity index (χ2v) is 9.21. The van der Waals surface area contributed by atoms with E-state index in [1.54, 1.807) is 13.8 Å². The smallest absolute Gasteiger partial charge is 0.309 e. The van der Waals surface area contributed by atoms with Gasteiger partial charge in [-0.3, -0.25) is 9.59 Å². The molecule has 1 spiro atoms.